The fraction of sp³-hybridized carbons (Fsp3) is 0.344. The van der Waals surface area contributed by atoms with Gasteiger partial charge in [-0.1, -0.05) is 35.9 Å². The van der Waals surface area contributed by atoms with E-state index >= 15 is 0 Å². The predicted octanol–water partition coefficient (Wildman–Crippen LogP) is 5.89. The zero-order valence-electron chi connectivity index (χ0n) is 22.2. The summed E-state index contributed by atoms with van der Waals surface area (Å²) in [5.41, 5.74) is 8.17. The van der Waals surface area contributed by atoms with Crippen LogP contribution in [-0.4, -0.2) is 48.7 Å². The van der Waals surface area contributed by atoms with Gasteiger partial charge in [-0.3, -0.25) is 9.69 Å². The normalized spacial score (nSPS) is 16.4. The van der Waals surface area contributed by atoms with Gasteiger partial charge in [0.25, 0.3) is 5.91 Å². The van der Waals surface area contributed by atoms with Crippen LogP contribution in [0.4, 0.5) is 0 Å². The molecule has 0 aliphatic carbocycles. The molecule has 1 saturated heterocycles. The summed E-state index contributed by atoms with van der Waals surface area (Å²) in [6, 6.07) is 20.8. The van der Waals surface area contributed by atoms with Gasteiger partial charge >= 0.3 is 0 Å². The molecular weight excluding hydrogens is 476 g/mol. The summed E-state index contributed by atoms with van der Waals surface area (Å²) >= 11 is 0. The van der Waals surface area contributed by atoms with E-state index in [0.29, 0.717) is 32.1 Å². The minimum atomic E-state index is 0.0502. The van der Waals surface area contributed by atoms with Gasteiger partial charge < -0.3 is 19.1 Å². The molecule has 0 spiro atoms. The third kappa shape index (κ3) is 4.65. The first kappa shape index (κ1) is 24.6. The Morgan fingerprint density at radius 1 is 0.842 bits per heavy atom. The third-order valence-corrected chi connectivity index (χ3v) is 7.87. The van der Waals surface area contributed by atoms with Crippen molar-refractivity contribution in [1.29, 1.82) is 0 Å². The Hall–Kier alpha value is -3.77. The van der Waals surface area contributed by atoms with Crippen molar-refractivity contribution in [3.63, 3.8) is 0 Å². The summed E-state index contributed by atoms with van der Waals surface area (Å²) in [6.07, 6.45) is 1.99. The highest BCUT2D eigenvalue weighted by Gasteiger charge is 2.26. The smallest absolute Gasteiger partial charge is 0.253 e. The van der Waals surface area contributed by atoms with Crippen molar-refractivity contribution in [3.8, 4) is 17.2 Å². The number of piperidine rings is 1. The number of ether oxygens (including phenoxy) is 3. The molecule has 6 nitrogen and oxygen atoms in total. The Kier molecular flexibility index (Phi) is 6.81. The largest absolute Gasteiger partial charge is 0.488 e. The van der Waals surface area contributed by atoms with Gasteiger partial charge in [-0.05, 0) is 79.3 Å². The first-order valence-electron chi connectivity index (χ1n) is 13.6. The molecular formula is C32H34N2O4. The van der Waals surface area contributed by atoms with E-state index in [1.807, 2.05) is 36.9 Å². The van der Waals surface area contributed by atoms with Crippen molar-refractivity contribution in [3.05, 3.63) is 94.1 Å². The first-order valence-corrected chi connectivity index (χ1v) is 13.6. The quantitative estimate of drug-likeness (QED) is 0.429. The summed E-state index contributed by atoms with van der Waals surface area (Å²) in [5, 5.41) is 0. The molecule has 1 amide bonds. The molecule has 0 unspecified atom stereocenters. The maximum Gasteiger partial charge on any atom is 0.253 e. The molecule has 3 aromatic carbocycles. The topological polar surface area (TPSA) is 51.2 Å². The molecule has 38 heavy (non-hydrogen) atoms. The van der Waals surface area contributed by atoms with Crippen LogP contribution < -0.4 is 14.2 Å². The van der Waals surface area contributed by atoms with E-state index in [1.54, 1.807) is 0 Å². The molecule has 1 fully saturated rings. The number of benzene rings is 3. The Bertz CT molecular complexity index is 1380. The second kappa shape index (κ2) is 10.5. The molecule has 0 saturated carbocycles. The number of rotatable bonds is 5. The van der Waals surface area contributed by atoms with Gasteiger partial charge in [0.15, 0.2) is 11.5 Å². The van der Waals surface area contributed by atoms with Crippen LogP contribution in [0, 0.1) is 0 Å². The number of fused-ring (bicyclic) bond motifs is 3. The van der Waals surface area contributed by atoms with Crippen molar-refractivity contribution in [2.24, 2.45) is 0 Å². The summed E-state index contributed by atoms with van der Waals surface area (Å²) in [5.74, 6) is 2.51. The van der Waals surface area contributed by atoms with E-state index < -0.39 is 0 Å². The number of carbonyl (C=O) groups is 1. The molecule has 0 bridgehead atoms. The molecule has 3 aromatic rings. The summed E-state index contributed by atoms with van der Waals surface area (Å²) < 4.78 is 17.4. The zero-order valence-corrected chi connectivity index (χ0v) is 22.2. The number of amides is 1. The Balaban J connectivity index is 1.29. The number of nitrogens with zero attached hydrogens (tertiary/aromatic N) is 2. The van der Waals surface area contributed by atoms with Gasteiger partial charge in [-0.15, -0.1) is 0 Å². The molecule has 3 aliphatic heterocycles. The fourth-order valence-corrected chi connectivity index (χ4v) is 5.77. The van der Waals surface area contributed by atoms with Crippen molar-refractivity contribution < 1.29 is 19.0 Å². The minimum Gasteiger partial charge on any atom is -0.488 e. The van der Waals surface area contributed by atoms with Crippen molar-refractivity contribution in [1.82, 2.24) is 9.80 Å². The van der Waals surface area contributed by atoms with E-state index in [1.165, 1.54) is 27.8 Å². The lowest BCUT2D eigenvalue weighted by Gasteiger charge is -2.30. The van der Waals surface area contributed by atoms with Crippen LogP contribution >= 0.6 is 0 Å². The van der Waals surface area contributed by atoms with Crippen LogP contribution in [0.15, 0.2) is 66.2 Å². The number of carbonyl (C=O) groups excluding carboxylic acids is 1. The van der Waals surface area contributed by atoms with E-state index in [-0.39, 0.29) is 5.91 Å². The monoisotopic (exact) mass is 510 g/mol. The molecule has 0 radical (unpaired) electrons. The van der Waals surface area contributed by atoms with Crippen molar-refractivity contribution in [2.45, 2.75) is 39.8 Å². The highest BCUT2D eigenvalue weighted by Crippen LogP contribution is 2.42. The van der Waals surface area contributed by atoms with Crippen LogP contribution in [0.3, 0.4) is 0 Å². The summed E-state index contributed by atoms with van der Waals surface area (Å²) in [6.45, 7) is 9.09. The lowest BCUT2D eigenvalue weighted by atomic mass is 9.86. The van der Waals surface area contributed by atoms with Crippen LogP contribution in [0.25, 0.3) is 5.57 Å². The number of hydrogen-bond donors (Lipinski definition) is 0. The van der Waals surface area contributed by atoms with E-state index in [4.69, 9.17) is 14.2 Å². The van der Waals surface area contributed by atoms with E-state index in [2.05, 4.69) is 47.4 Å². The predicted molar refractivity (Wildman–Crippen MR) is 148 cm³/mol. The molecule has 0 atom stereocenters. The Labute approximate surface area is 224 Å². The SMILES string of the molecule is CCN(CC)C(=O)c1ccc2c(c1)OCc1ccccc1C2=C1CCN(Cc2ccc3c(c2)OCO3)CC1. The summed E-state index contributed by atoms with van der Waals surface area (Å²) in [7, 11) is 0. The maximum absolute atomic E-state index is 13.1. The van der Waals surface area contributed by atoms with Crippen molar-refractivity contribution >= 4 is 11.5 Å². The van der Waals surface area contributed by atoms with Crippen LogP contribution in [0.5, 0.6) is 17.2 Å². The second-order valence-corrected chi connectivity index (χ2v) is 10.1. The molecule has 6 rings (SSSR count). The lowest BCUT2D eigenvalue weighted by molar-refractivity contribution is 0.0772. The molecule has 6 heteroatoms. The lowest BCUT2D eigenvalue weighted by Crippen LogP contribution is -2.30. The van der Waals surface area contributed by atoms with Crippen LogP contribution in [0.1, 0.15) is 59.3 Å². The maximum atomic E-state index is 13.1. The van der Waals surface area contributed by atoms with Gasteiger partial charge in [-0.2, -0.15) is 0 Å². The van der Waals surface area contributed by atoms with Gasteiger partial charge in [0.2, 0.25) is 6.79 Å². The first-order chi connectivity index (χ1) is 18.6. The van der Waals surface area contributed by atoms with E-state index in [0.717, 1.165) is 55.3 Å². The minimum absolute atomic E-state index is 0.0502. The second-order valence-electron chi connectivity index (χ2n) is 10.1. The van der Waals surface area contributed by atoms with Gasteiger partial charge in [0.1, 0.15) is 12.4 Å². The van der Waals surface area contributed by atoms with E-state index in [9.17, 15) is 4.79 Å². The fourth-order valence-electron chi connectivity index (χ4n) is 5.77. The third-order valence-electron chi connectivity index (χ3n) is 7.87. The number of hydrogen-bond acceptors (Lipinski definition) is 5. The summed E-state index contributed by atoms with van der Waals surface area (Å²) in [4.78, 5) is 17.4. The Morgan fingerprint density at radius 3 is 2.45 bits per heavy atom. The molecule has 196 valence electrons. The van der Waals surface area contributed by atoms with Crippen molar-refractivity contribution in [2.75, 3.05) is 33.0 Å². The zero-order chi connectivity index (χ0) is 26.1. The van der Waals surface area contributed by atoms with Crippen LogP contribution in [0.2, 0.25) is 0 Å². The van der Waals surface area contributed by atoms with Crippen LogP contribution in [-0.2, 0) is 13.2 Å². The highest BCUT2D eigenvalue weighted by atomic mass is 16.7. The molecule has 0 aromatic heterocycles. The average Bonchev–Trinajstić information content (AvgIpc) is 3.36. The highest BCUT2D eigenvalue weighted by molar-refractivity contribution is 5.96. The molecule has 0 N–H and O–H groups in total. The van der Waals surface area contributed by atoms with Gasteiger partial charge in [0.05, 0.1) is 0 Å². The molecule has 3 heterocycles. The Morgan fingerprint density at radius 2 is 1.63 bits per heavy atom. The number of likely N-dealkylation sites (tertiary alicyclic amines) is 1. The van der Waals surface area contributed by atoms with Gasteiger partial charge in [0, 0.05) is 43.9 Å². The molecule has 3 aliphatic rings. The standard InChI is InChI=1S/C32H34N2O4/c1-3-34(4-2)32(35)24-10-11-27-29(18-24)36-20-25-7-5-6-8-26(25)31(27)23-13-15-33(16-14-23)19-22-9-12-28-30(17-22)38-21-37-28/h5-12,17-18H,3-4,13-16,19-21H2,1-2H3. The van der Waals surface area contributed by atoms with Gasteiger partial charge in [-0.25, -0.2) is 0 Å². The average molecular weight is 511 g/mol.